The largest absolute Gasteiger partial charge is 0.326 e. The first-order chi connectivity index (χ1) is 8.51. The number of sulfonamides is 1. The van der Waals surface area contributed by atoms with Crippen molar-refractivity contribution >= 4 is 21.4 Å². The first kappa shape index (κ1) is 13.1. The summed E-state index contributed by atoms with van der Waals surface area (Å²) in [7, 11) is -1.80. The molecule has 2 aromatic rings. The maximum Gasteiger partial charge on any atom is 0.241 e. The number of hydrogen-bond donors (Lipinski definition) is 2. The highest BCUT2D eigenvalue weighted by Gasteiger charge is 2.16. The summed E-state index contributed by atoms with van der Waals surface area (Å²) in [6.45, 7) is 0.402. The third-order valence-electron chi connectivity index (χ3n) is 2.21. The molecule has 0 fully saturated rings. The predicted molar refractivity (Wildman–Crippen MR) is 67.2 cm³/mol. The second kappa shape index (κ2) is 5.14. The van der Waals surface area contributed by atoms with Crippen LogP contribution in [0.25, 0.3) is 0 Å². The minimum absolute atomic E-state index is 0.0664. The Balaban J connectivity index is 2.07. The fraction of sp³-hybridized carbons (Fsp3) is 0.333. The number of rotatable bonds is 5. The van der Waals surface area contributed by atoms with Crippen molar-refractivity contribution < 1.29 is 8.42 Å². The second-order valence-corrected chi connectivity index (χ2v) is 6.37. The van der Waals surface area contributed by atoms with Gasteiger partial charge in [0.25, 0.3) is 0 Å². The summed E-state index contributed by atoms with van der Waals surface area (Å²) in [5.41, 5.74) is 5.45. The van der Waals surface area contributed by atoms with Gasteiger partial charge in [0, 0.05) is 23.8 Å². The summed E-state index contributed by atoms with van der Waals surface area (Å²) < 4.78 is 27.8. The summed E-state index contributed by atoms with van der Waals surface area (Å²) in [4.78, 5) is 4.99. The summed E-state index contributed by atoms with van der Waals surface area (Å²) in [5, 5.41) is 5.56. The lowest BCUT2D eigenvalue weighted by molar-refractivity contribution is 0.579. The van der Waals surface area contributed by atoms with Crippen molar-refractivity contribution in [1.82, 2.24) is 19.5 Å². The highest BCUT2D eigenvalue weighted by Crippen LogP contribution is 2.18. The number of hydrogen-bond acceptors (Lipinski definition) is 6. The highest BCUT2D eigenvalue weighted by atomic mass is 32.2. The van der Waals surface area contributed by atoms with Crippen LogP contribution in [0, 0.1) is 0 Å². The van der Waals surface area contributed by atoms with Crippen LogP contribution in [0.2, 0.25) is 0 Å². The van der Waals surface area contributed by atoms with E-state index in [9.17, 15) is 8.42 Å². The summed E-state index contributed by atoms with van der Waals surface area (Å²) >= 11 is 1.32. The van der Waals surface area contributed by atoms with Gasteiger partial charge in [0.2, 0.25) is 10.0 Å². The molecule has 2 aromatic heterocycles. The predicted octanol–water partition coefficient (Wildman–Crippen LogP) is -0.186. The van der Waals surface area contributed by atoms with Crippen molar-refractivity contribution in [2.75, 3.05) is 0 Å². The zero-order chi connectivity index (χ0) is 13.2. The molecule has 0 bridgehead atoms. The van der Waals surface area contributed by atoms with Gasteiger partial charge in [-0.05, 0) is 6.07 Å². The molecule has 3 N–H and O–H groups in total. The molecular formula is C9H13N5O2S2. The lowest BCUT2D eigenvalue weighted by atomic mass is 10.5. The highest BCUT2D eigenvalue weighted by molar-refractivity contribution is 7.89. The van der Waals surface area contributed by atoms with E-state index < -0.39 is 10.0 Å². The van der Waals surface area contributed by atoms with Crippen LogP contribution in [-0.2, 0) is 30.2 Å². The molecule has 0 saturated carbocycles. The maximum absolute atomic E-state index is 11.9. The monoisotopic (exact) mass is 287 g/mol. The molecule has 0 aliphatic heterocycles. The van der Waals surface area contributed by atoms with Crippen LogP contribution >= 0.6 is 11.3 Å². The van der Waals surface area contributed by atoms with Crippen LogP contribution in [-0.4, -0.2) is 23.2 Å². The second-order valence-electron chi connectivity index (χ2n) is 3.61. The van der Waals surface area contributed by atoms with Crippen LogP contribution in [0.5, 0.6) is 0 Å². The number of aryl methyl sites for hydroxylation is 1. The number of nitrogens with zero attached hydrogens (tertiary/aromatic N) is 3. The van der Waals surface area contributed by atoms with Gasteiger partial charge in [-0.1, -0.05) is 0 Å². The van der Waals surface area contributed by atoms with Crippen molar-refractivity contribution in [3.05, 3.63) is 28.5 Å². The van der Waals surface area contributed by atoms with Crippen molar-refractivity contribution in [3.8, 4) is 0 Å². The Labute approximate surface area is 109 Å². The maximum atomic E-state index is 11.9. The number of nitrogens with one attached hydrogen (secondary N) is 1. The van der Waals surface area contributed by atoms with Gasteiger partial charge >= 0.3 is 0 Å². The van der Waals surface area contributed by atoms with E-state index in [0.29, 0.717) is 12.4 Å². The Morgan fingerprint density at radius 1 is 1.56 bits per heavy atom. The standard InChI is InChI=1S/C9H13N5O2S2/c1-14-6-11-9(13-14)4-12-18(15,16)8-2-7(3-10)17-5-8/h2,5-6,12H,3-4,10H2,1H3. The number of aromatic nitrogens is 3. The topological polar surface area (TPSA) is 103 Å². The fourth-order valence-corrected chi connectivity index (χ4v) is 3.45. The van der Waals surface area contributed by atoms with Crippen molar-refractivity contribution in [1.29, 1.82) is 0 Å². The lowest BCUT2D eigenvalue weighted by Crippen LogP contribution is -2.23. The van der Waals surface area contributed by atoms with Crippen LogP contribution in [0.3, 0.4) is 0 Å². The molecule has 9 heteroatoms. The molecule has 2 rings (SSSR count). The lowest BCUT2D eigenvalue weighted by Gasteiger charge is -2.01. The van der Waals surface area contributed by atoms with Gasteiger partial charge in [0.15, 0.2) is 5.82 Å². The molecule has 0 saturated heterocycles. The van der Waals surface area contributed by atoms with Crippen LogP contribution < -0.4 is 10.5 Å². The van der Waals surface area contributed by atoms with Crippen LogP contribution in [0.15, 0.2) is 22.7 Å². The van der Waals surface area contributed by atoms with Gasteiger partial charge in [-0.3, -0.25) is 4.68 Å². The minimum Gasteiger partial charge on any atom is -0.326 e. The molecule has 98 valence electrons. The fourth-order valence-electron chi connectivity index (χ4n) is 1.32. The summed E-state index contributed by atoms with van der Waals surface area (Å²) in [6.07, 6.45) is 1.51. The SMILES string of the molecule is Cn1cnc(CNS(=O)(=O)c2csc(CN)c2)n1. The molecule has 2 heterocycles. The van der Waals surface area contributed by atoms with Gasteiger partial charge in [0.1, 0.15) is 6.33 Å². The van der Waals surface area contributed by atoms with Gasteiger partial charge in [-0.2, -0.15) is 5.10 Å². The van der Waals surface area contributed by atoms with E-state index in [1.165, 1.54) is 22.3 Å². The van der Waals surface area contributed by atoms with Crippen molar-refractivity contribution in [2.24, 2.45) is 12.8 Å². The minimum atomic E-state index is -3.52. The number of nitrogens with two attached hydrogens (primary N) is 1. The summed E-state index contributed by atoms with van der Waals surface area (Å²) in [6, 6.07) is 1.57. The van der Waals surface area contributed by atoms with E-state index in [1.807, 2.05) is 0 Å². The zero-order valence-corrected chi connectivity index (χ0v) is 11.3. The van der Waals surface area contributed by atoms with Crippen molar-refractivity contribution in [3.63, 3.8) is 0 Å². The Morgan fingerprint density at radius 3 is 2.89 bits per heavy atom. The Bertz CT molecular complexity index is 631. The quantitative estimate of drug-likeness (QED) is 0.793. The van der Waals surface area contributed by atoms with E-state index in [1.54, 1.807) is 18.5 Å². The molecular weight excluding hydrogens is 274 g/mol. The van der Waals surface area contributed by atoms with Gasteiger partial charge in [-0.15, -0.1) is 11.3 Å². The molecule has 0 aliphatic carbocycles. The zero-order valence-electron chi connectivity index (χ0n) is 9.70. The smallest absolute Gasteiger partial charge is 0.241 e. The average molecular weight is 287 g/mol. The average Bonchev–Trinajstić information content (AvgIpc) is 2.95. The Kier molecular flexibility index (Phi) is 3.76. The molecule has 18 heavy (non-hydrogen) atoms. The van der Waals surface area contributed by atoms with Crippen LogP contribution in [0.1, 0.15) is 10.7 Å². The molecule has 0 atom stereocenters. The molecule has 0 aromatic carbocycles. The van der Waals surface area contributed by atoms with E-state index in [-0.39, 0.29) is 11.4 Å². The Morgan fingerprint density at radius 2 is 2.33 bits per heavy atom. The van der Waals surface area contributed by atoms with E-state index in [2.05, 4.69) is 14.8 Å². The molecule has 0 radical (unpaired) electrons. The van der Waals surface area contributed by atoms with Crippen LogP contribution in [0.4, 0.5) is 0 Å². The molecule has 0 aliphatic rings. The third kappa shape index (κ3) is 2.93. The summed E-state index contributed by atoms with van der Waals surface area (Å²) in [5.74, 6) is 0.426. The van der Waals surface area contributed by atoms with E-state index in [4.69, 9.17) is 5.73 Å². The van der Waals surface area contributed by atoms with E-state index >= 15 is 0 Å². The first-order valence-corrected chi connectivity index (χ1v) is 7.49. The molecule has 0 spiro atoms. The van der Waals surface area contributed by atoms with Gasteiger partial charge in [-0.25, -0.2) is 18.1 Å². The molecule has 7 nitrogen and oxygen atoms in total. The molecule has 0 amide bonds. The molecule has 0 unspecified atom stereocenters. The normalized spacial score (nSPS) is 11.9. The first-order valence-electron chi connectivity index (χ1n) is 5.13. The van der Waals surface area contributed by atoms with E-state index in [0.717, 1.165) is 4.88 Å². The van der Waals surface area contributed by atoms with Gasteiger partial charge < -0.3 is 5.73 Å². The van der Waals surface area contributed by atoms with Crippen molar-refractivity contribution in [2.45, 2.75) is 18.0 Å². The third-order valence-corrected chi connectivity index (χ3v) is 4.70. The number of thiophene rings is 1. The van der Waals surface area contributed by atoms with Gasteiger partial charge in [0.05, 0.1) is 11.4 Å². The Hall–Kier alpha value is -1.29.